The first kappa shape index (κ1) is 17.6. The fourth-order valence-electron chi connectivity index (χ4n) is 1.81. The summed E-state index contributed by atoms with van der Waals surface area (Å²) >= 11 is 1.91. The van der Waals surface area contributed by atoms with Gasteiger partial charge in [-0.2, -0.15) is 11.8 Å². The number of methoxy groups -OCH3 is 1. The molecule has 0 spiro atoms. The molecule has 0 bridgehead atoms. The Morgan fingerprint density at radius 3 is 2.57 bits per heavy atom. The summed E-state index contributed by atoms with van der Waals surface area (Å²) in [6.45, 7) is 3.14. The second-order valence-electron chi connectivity index (χ2n) is 4.53. The third-order valence-corrected chi connectivity index (χ3v) is 3.96. The maximum absolute atomic E-state index is 11.6. The van der Waals surface area contributed by atoms with E-state index < -0.39 is 30.4 Å². The van der Waals surface area contributed by atoms with E-state index in [4.69, 9.17) is 5.11 Å². The van der Waals surface area contributed by atoms with Crippen molar-refractivity contribution in [2.75, 3.05) is 44.8 Å². The number of nitrogens with one attached hydrogen (secondary N) is 2. The molecule has 3 N–H and O–H groups in total. The number of amides is 2. The molecule has 0 aromatic rings. The molecule has 0 aliphatic carbocycles. The highest BCUT2D eigenvalue weighted by Crippen LogP contribution is 2.07. The number of carbonyl (C=O) groups is 3. The molecule has 1 aliphatic heterocycles. The summed E-state index contributed by atoms with van der Waals surface area (Å²) < 4.78 is 4.39. The van der Waals surface area contributed by atoms with E-state index in [1.807, 2.05) is 11.8 Å². The van der Waals surface area contributed by atoms with Gasteiger partial charge in [0.05, 0.1) is 13.5 Å². The number of ether oxygens (including phenoxy) is 1. The first-order valence-corrected chi connectivity index (χ1v) is 7.82. The lowest BCUT2D eigenvalue weighted by molar-refractivity contribution is -0.147. The van der Waals surface area contributed by atoms with Gasteiger partial charge in [-0.05, 0) is 0 Å². The Balaban J connectivity index is 2.26. The van der Waals surface area contributed by atoms with Crippen molar-refractivity contribution in [2.24, 2.45) is 0 Å². The lowest BCUT2D eigenvalue weighted by atomic mass is 10.2. The van der Waals surface area contributed by atoms with Gasteiger partial charge in [0, 0.05) is 37.7 Å². The number of hydrogen-bond donors (Lipinski definition) is 3. The normalized spacial score (nSPS) is 16.8. The molecule has 21 heavy (non-hydrogen) atoms. The molecule has 8 nitrogen and oxygen atoms in total. The highest BCUT2D eigenvalue weighted by atomic mass is 32.2. The molecule has 1 heterocycles. The molecule has 0 unspecified atom stereocenters. The van der Waals surface area contributed by atoms with Gasteiger partial charge in [0.25, 0.3) is 0 Å². The molecular weight excluding hydrogens is 298 g/mol. The zero-order valence-electron chi connectivity index (χ0n) is 12.0. The van der Waals surface area contributed by atoms with Gasteiger partial charge in [0.15, 0.2) is 0 Å². The van der Waals surface area contributed by atoms with Crippen molar-refractivity contribution in [3.63, 3.8) is 0 Å². The van der Waals surface area contributed by atoms with Crippen molar-refractivity contribution in [2.45, 2.75) is 12.5 Å². The lowest BCUT2D eigenvalue weighted by Gasteiger charge is -2.26. The Labute approximate surface area is 127 Å². The fraction of sp³-hybridized carbons (Fsp3) is 0.750. The summed E-state index contributed by atoms with van der Waals surface area (Å²) in [5, 5.41) is 13.8. The molecule has 1 atom stereocenters. The van der Waals surface area contributed by atoms with Crippen LogP contribution in [0.25, 0.3) is 0 Å². The Morgan fingerprint density at radius 1 is 1.33 bits per heavy atom. The second kappa shape index (κ2) is 9.46. The van der Waals surface area contributed by atoms with E-state index in [0.717, 1.165) is 38.2 Å². The molecule has 1 fully saturated rings. The number of rotatable bonds is 7. The molecule has 0 radical (unpaired) electrons. The van der Waals surface area contributed by atoms with Crippen molar-refractivity contribution in [3.8, 4) is 0 Å². The Bertz CT molecular complexity index is 374. The minimum Gasteiger partial charge on any atom is -0.480 e. The van der Waals surface area contributed by atoms with Crippen LogP contribution in [0.5, 0.6) is 0 Å². The number of carbonyl (C=O) groups excluding carboxylic acids is 2. The van der Waals surface area contributed by atoms with Crippen LogP contribution in [0.3, 0.4) is 0 Å². The summed E-state index contributed by atoms with van der Waals surface area (Å²) in [7, 11) is 1.16. The predicted molar refractivity (Wildman–Crippen MR) is 78.4 cm³/mol. The Morgan fingerprint density at radius 2 is 2.00 bits per heavy atom. The van der Waals surface area contributed by atoms with Gasteiger partial charge in [-0.25, -0.2) is 9.59 Å². The number of urea groups is 1. The van der Waals surface area contributed by atoms with Crippen molar-refractivity contribution < 1.29 is 24.2 Å². The largest absolute Gasteiger partial charge is 0.480 e. The van der Waals surface area contributed by atoms with Crippen LogP contribution in [-0.2, 0) is 14.3 Å². The van der Waals surface area contributed by atoms with Crippen LogP contribution in [0, 0.1) is 0 Å². The van der Waals surface area contributed by atoms with Crippen LogP contribution >= 0.6 is 11.8 Å². The standard InChI is InChI=1S/C12H21N3O5S/c1-20-10(16)8-9(11(17)18)14-12(19)13-2-3-15-4-6-21-7-5-15/h9H,2-8H2,1H3,(H,17,18)(H2,13,14,19)/t9-/m0/s1. The van der Waals surface area contributed by atoms with E-state index in [1.165, 1.54) is 0 Å². The summed E-state index contributed by atoms with van der Waals surface area (Å²) in [6.07, 6.45) is -0.400. The van der Waals surface area contributed by atoms with Crippen LogP contribution in [0.4, 0.5) is 4.79 Å². The van der Waals surface area contributed by atoms with Crippen molar-refractivity contribution in [1.29, 1.82) is 0 Å². The quantitative estimate of drug-likeness (QED) is 0.535. The molecular formula is C12H21N3O5S. The number of aliphatic carboxylic acids is 1. The topological polar surface area (TPSA) is 108 Å². The second-order valence-corrected chi connectivity index (χ2v) is 5.75. The summed E-state index contributed by atoms with van der Waals surface area (Å²) in [6, 6.07) is -1.89. The molecule has 1 saturated heterocycles. The zero-order chi connectivity index (χ0) is 15.7. The molecule has 9 heteroatoms. The van der Waals surface area contributed by atoms with Crippen LogP contribution < -0.4 is 10.6 Å². The van der Waals surface area contributed by atoms with E-state index >= 15 is 0 Å². The molecule has 0 aromatic heterocycles. The predicted octanol–water partition coefficient (Wildman–Crippen LogP) is -0.649. The van der Waals surface area contributed by atoms with E-state index in [0.29, 0.717) is 6.54 Å². The number of thioether (sulfide) groups is 1. The number of esters is 1. The molecule has 1 aliphatic rings. The Kier molecular flexibility index (Phi) is 7.91. The molecule has 1 rings (SSSR count). The van der Waals surface area contributed by atoms with E-state index in [2.05, 4.69) is 20.3 Å². The number of hydrogen-bond acceptors (Lipinski definition) is 6. The molecule has 0 aromatic carbocycles. The third kappa shape index (κ3) is 7.19. The fourth-order valence-corrected chi connectivity index (χ4v) is 2.79. The van der Waals surface area contributed by atoms with Crippen molar-refractivity contribution in [3.05, 3.63) is 0 Å². The van der Waals surface area contributed by atoms with Crippen molar-refractivity contribution >= 4 is 29.7 Å². The van der Waals surface area contributed by atoms with Crippen LogP contribution in [0.2, 0.25) is 0 Å². The third-order valence-electron chi connectivity index (χ3n) is 3.02. The van der Waals surface area contributed by atoms with Crippen LogP contribution in [0.15, 0.2) is 0 Å². The first-order chi connectivity index (χ1) is 10.0. The van der Waals surface area contributed by atoms with E-state index in [9.17, 15) is 14.4 Å². The monoisotopic (exact) mass is 319 g/mol. The van der Waals surface area contributed by atoms with E-state index in [1.54, 1.807) is 0 Å². The van der Waals surface area contributed by atoms with Gasteiger partial charge in [0.2, 0.25) is 0 Å². The van der Waals surface area contributed by atoms with Gasteiger partial charge >= 0.3 is 18.0 Å². The molecule has 0 saturated carbocycles. The summed E-state index contributed by atoms with van der Waals surface area (Å²) in [5.74, 6) is 0.218. The number of nitrogens with zero attached hydrogens (tertiary/aromatic N) is 1. The van der Waals surface area contributed by atoms with Gasteiger partial charge in [0.1, 0.15) is 6.04 Å². The van der Waals surface area contributed by atoms with Crippen LogP contribution in [-0.4, -0.2) is 78.8 Å². The van der Waals surface area contributed by atoms with Crippen molar-refractivity contribution in [1.82, 2.24) is 15.5 Å². The van der Waals surface area contributed by atoms with Crippen LogP contribution in [0.1, 0.15) is 6.42 Å². The summed E-state index contributed by atoms with van der Waals surface area (Å²) in [5.41, 5.74) is 0. The number of carboxylic acid groups (broad SMARTS) is 1. The Hall–Kier alpha value is -1.48. The van der Waals surface area contributed by atoms with Gasteiger partial charge in [-0.15, -0.1) is 0 Å². The summed E-state index contributed by atoms with van der Waals surface area (Å²) in [4.78, 5) is 35.9. The average Bonchev–Trinajstić information content (AvgIpc) is 2.47. The van der Waals surface area contributed by atoms with E-state index in [-0.39, 0.29) is 0 Å². The number of carboxylic acids is 1. The molecule has 120 valence electrons. The lowest BCUT2D eigenvalue weighted by Crippen LogP contribution is -2.48. The van der Waals surface area contributed by atoms with Gasteiger partial charge < -0.3 is 20.5 Å². The minimum absolute atomic E-state index is 0.400. The van der Waals surface area contributed by atoms with Gasteiger partial charge in [-0.1, -0.05) is 0 Å². The molecule has 2 amide bonds. The van der Waals surface area contributed by atoms with Gasteiger partial charge in [-0.3, -0.25) is 9.69 Å². The SMILES string of the molecule is COC(=O)C[C@H](NC(=O)NCCN1CCSCC1)C(=O)O. The zero-order valence-corrected chi connectivity index (χ0v) is 12.8. The maximum atomic E-state index is 11.6. The highest BCUT2D eigenvalue weighted by molar-refractivity contribution is 7.99. The first-order valence-electron chi connectivity index (χ1n) is 6.67. The highest BCUT2D eigenvalue weighted by Gasteiger charge is 2.23. The maximum Gasteiger partial charge on any atom is 0.326 e. The average molecular weight is 319 g/mol. The smallest absolute Gasteiger partial charge is 0.326 e. The minimum atomic E-state index is -1.29.